The fourth-order valence-corrected chi connectivity index (χ4v) is 9.20. The van der Waals surface area contributed by atoms with E-state index in [1.807, 2.05) is 27.2 Å². The minimum atomic E-state index is -4.36. The lowest BCUT2D eigenvalue weighted by Crippen LogP contribution is -2.45. The zero-order chi connectivity index (χ0) is 57.0. The number of unbranched alkanes of at least 4 members (excludes halogenated alkanes) is 23. The molecule has 0 rings (SSSR count). The van der Waals surface area contributed by atoms with Gasteiger partial charge in [-0.3, -0.25) is 13.8 Å². The van der Waals surface area contributed by atoms with Crippen LogP contribution in [0.2, 0.25) is 0 Å². The molecule has 78 heavy (non-hydrogen) atoms. The molecule has 0 aromatic rings. The van der Waals surface area contributed by atoms with Gasteiger partial charge in [-0.2, -0.15) is 0 Å². The molecule has 0 aliphatic carbocycles. The standard InChI is InChI=1S/C69H119N2O6P/c1-6-8-10-12-14-16-18-20-22-24-25-26-27-28-29-30-31-32-33-34-35-36-37-38-39-40-41-42-43-44-45-47-49-51-53-55-57-59-61-63-69(73)70-67(66-77-78(74,75)76-65-64-71(3,4)5)68(72)62-60-58-56-54-52-50-48-46-23-21-19-17-15-13-11-9-7-2/h8,10,14,16,20,22,25-26,28-29,31-32,34-35,37-38,40-41,52,54,60,62,67-68,72H,6-7,9,11-13,15,17-19,21,23-24,27,30,33,36,39,42-51,53,55-59,61,63-66H2,1-5H3,(H-,70,73,74,75)/p+1/b10-8-,16-14-,22-20-,26-25-,29-28-,32-31-,35-34-,38-37-,41-40-,54-52+,62-60+. The first-order valence-electron chi connectivity index (χ1n) is 31.6. The van der Waals surface area contributed by atoms with Gasteiger partial charge in [-0.15, -0.1) is 0 Å². The van der Waals surface area contributed by atoms with Crippen LogP contribution < -0.4 is 5.32 Å². The number of nitrogens with zero attached hydrogens (tertiary/aromatic N) is 1. The second kappa shape index (κ2) is 58.3. The molecule has 0 aromatic carbocycles. The van der Waals surface area contributed by atoms with Gasteiger partial charge in [0.2, 0.25) is 5.91 Å². The fourth-order valence-electron chi connectivity index (χ4n) is 8.46. The van der Waals surface area contributed by atoms with Gasteiger partial charge >= 0.3 is 7.82 Å². The Kier molecular flexibility index (Phi) is 55.8. The second-order valence-electron chi connectivity index (χ2n) is 22.0. The summed E-state index contributed by atoms with van der Waals surface area (Å²) in [5.74, 6) is -0.195. The third kappa shape index (κ3) is 60.3. The largest absolute Gasteiger partial charge is 0.472 e. The van der Waals surface area contributed by atoms with Crippen molar-refractivity contribution in [1.29, 1.82) is 0 Å². The third-order valence-corrected chi connectivity index (χ3v) is 14.3. The number of hydrogen-bond acceptors (Lipinski definition) is 5. The molecule has 0 heterocycles. The molecule has 0 saturated heterocycles. The lowest BCUT2D eigenvalue weighted by atomic mass is 10.0. The van der Waals surface area contributed by atoms with Crippen LogP contribution in [0, 0.1) is 0 Å². The van der Waals surface area contributed by atoms with Crippen LogP contribution in [0.5, 0.6) is 0 Å². The Labute approximate surface area is 481 Å². The van der Waals surface area contributed by atoms with Crippen molar-refractivity contribution in [1.82, 2.24) is 5.32 Å². The lowest BCUT2D eigenvalue weighted by Gasteiger charge is -2.25. The van der Waals surface area contributed by atoms with E-state index in [9.17, 15) is 19.4 Å². The minimum Gasteiger partial charge on any atom is -0.387 e. The van der Waals surface area contributed by atoms with E-state index >= 15 is 0 Å². The number of amides is 1. The highest BCUT2D eigenvalue weighted by Crippen LogP contribution is 2.43. The Morgan fingerprint density at radius 2 is 0.782 bits per heavy atom. The van der Waals surface area contributed by atoms with Crippen molar-refractivity contribution in [2.24, 2.45) is 0 Å². The Balaban J connectivity index is 4.14. The van der Waals surface area contributed by atoms with Crippen molar-refractivity contribution < 1.29 is 32.9 Å². The summed E-state index contributed by atoms with van der Waals surface area (Å²) in [6, 6.07) is -0.874. The summed E-state index contributed by atoms with van der Waals surface area (Å²) in [7, 11) is 1.54. The summed E-state index contributed by atoms with van der Waals surface area (Å²) in [5, 5.41) is 13.9. The van der Waals surface area contributed by atoms with Gasteiger partial charge in [0.05, 0.1) is 39.9 Å². The maximum absolute atomic E-state index is 13.0. The van der Waals surface area contributed by atoms with Crippen molar-refractivity contribution in [3.63, 3.8) is 0 Å². The number of phosphoric acid groups is 1. The van der Waals surface area contributed by atoms with Gasteiger partial charge in [-0.05, 0) is 103 Å². The van der Waals surface area contributed by atoms with E-state index in [2.05, 4.69) is 141 Å². The van der Waals surface area contributed by atoms with Crippen LogP contribution in [0.25, 0.3) is 0 Å². The van der Waals surface area contributed by atoms with Crippen LogP contribution >= 0.6 is 7.82 Å². The number of carbonyl (C=O) groups excluding carboxylic acids is 1. The average Bonchev–Trinajstić information content (AvgIpc) is 3.40. The number of aliphatic hydroxyl groups excluding tert-OH is 1. The van der Waals surface area contributed by atoms with Gasteiger partial charge in [0, 0.05) is 6.42 Å². The molecule has 3 unspecified atom stereocenters. The van der Waals surface area contributed by atoms with E-state index in [1.165, 1.54) is 128 Å². The number of nitrogens with one attached hydrogen (secondary N) is 1. The maximum Gasteiger partial charge on any atom is 0.472 e. The van der Waals surface area contributed by atoms with E-state index in [0.717, 1.165) is 96.3 Å². The molecule has 3 atom stereocenters. The molecule has 0 aromatic heterocycles. The molecular formula is C69H120N2O6P+. The highest BCUT2D eigenvalue weighted by molar-refractivity contribution is 7.47. The summed E-state index contributed by atoms with van der Waals surface area (Å²) in [5.41, 5.74) is 0. The summed E-state index contributed by atoms with van der Waals surface area (Å²) in [6.45, 7) is 4.67. The fraction of sp³-hybridized carbons (Fsp3) is 0.667. The summed E-state index contributed by atoms with van der Waals surface area (Å²) < 4.78 is 23.7. The molecule has 0 aliphatic rings. The zero-order valence-electron chi connectivity index (χ0n) is 50.9. The second-order valence-corrected chi connectivity index (χ2v) is 23.5. The number of aliphatic hydroxyl groups is 1. The highest BCUT2D eigenvalue weighted by Gasteiger charge is 2.27. The van der Waals surface area contributed by atoms with Gasteiger partial charge in [0.25, 0.3) is 0 Å². The predicted octanol–water partition coefficient (Wildman–Crippen LogP) is 19.9. The van der Waals surface area contributed by atoms with Gasteiger partial charge < -0.3 is 19.8 Å². The molecular weight excluding hydrogens is 984 g/mol. The quantitative estimate of drug-likeness (QED) is 0.0243. The molecule has 0 aliphatic heterocycles. The topological polar surface area (TPSA) is 105 Å². The normalized spacial score (nSPS) is 14.7. The zero-order valence-corrected chi connectivity index (χ0v) is 51.7. The summed E-state index contributed by atoms with van der Waals surface area (Å²) in [6.07, 6.45) is 88.6. The van der Waals surface area contributed by atoms with Gasteiger partial charge in [0.15, 0.2) is 0 Å². The molecule has 446 valence electrons. The molecule has 0 saturated carbocycles. The molecule has 8 nitrogen and oxygen atoms in total. The van der Waals surface area contributed by atoms with Gasteiger partial charge in [-0.1, -0.05) is 270 Å². The van der Waals surface area contributed by atoms with E-state index in [1.54, 1.807) is 6.08 Å². The smallest absolute Gasteiger partial charge is 0.387 e. The molecule has 1 amide bonds. The maximum atomic E-state index is 13.0. The Bertz CT molecular complexity index is 1730. The Hall–Kier alpha value is -3.36. The van der Waals surface area contributed by atoms with Crippen LogP contribution in [-0.4, -0.2) is 73.4 Å². The number of rotatable bonds is 56. The Morgan fingerprint density at radius 3 is 1.18 bits per heavy atom. The van der Waals surface area contributed by atoms with Crippen LogP contribution in [0.4, 0.5) is 0 Å². The molecule has 3 N–H and O–H groups in total. The van der Waals surface area contributed by atoms with Crippen LogP contribution in [0.1, 0.15) is 245 Å². The van der Waals surface area contributed by atoms with Gasteiger partial charge in [-0.25, -0.2) is 4.57 Å². The number of carbonyl (C=O) groups is 1. The molecule has 0 spiro atoms. The SMILES string of the molecule is CC/C=C\C/C=C\C/C=C\C/C=C\C/C=C\C/C=C\C/C=C\C/C=C\C/C=C\CCCCCCCCCCCCCC(=O)NC(COP(=O)(O)OCC[N+](C)(C)C)C(O)/C=C/CC/C=C/CCCCCCCCCCCCC. The molecule has 0 bridgehead atoms. The number of phosphoric ester groups is 1. The number of quaternary nitrogens is 1. The first kappa shape index (κ1) is 74.6. The van der Waals surface area contributed by atoms with E-state index in [0.29, 0.717) is 17.4 Å². The summed E-state index contributed by atoms with van der Waals surface area (Å²) in [4.78, 5) is 23.3. The van der Waals surface area contributed by atoms with Crippen molar-refractivity contribution in [3.8, 4) is 0 Å². The number of allylic oxidation sites excluding steroid dienone is 21. The van der Waals surface area contributed by atoms with E-state index in [-0.39, 0.29) is 19.1 Å². The number of hydrogen-bond donors (Lipinski definition) is 3. The Morgan fingerprint density at radius 1 is 0.449 bits per heavy atom. The first-order valence-corrected chi connectivity index (χ1v) is 33.1. The van der Waals surface area contributed by atoms with Crippen LogP contribution in [-0.2, 0) is 18.4 Å². The lowest BCUT2D eigenvalue weighted by molar-refractivity contribution is -0.870. The molecule has 0 fully saturated rings. The van der Waals surface area contributed by atoms with Crippen molar-refractivity contribution in [2.45, 2.75) is 257 Å². The first-order chi connectivity index (χ1) is 38.0. The predicted molar refractivity (Wildman–Crippen MR) is 341 cm³/mol. The summed E-state index contributed by atoms with van der Waals surface area (Å²) >= 11 is 0. The van der Waals surface area contributed by atoms with Crippen molar-refractivity contribution >= 4 is 13.7 Å². The highest BCUT2D eigenvalue weighted by atomic mass is 31.2. The van der Waals surface area contributed by atoms with Crippen molar-refractivity contribution in [3.05, 3.63) is 134 Å². The number of likely N-dealkylation sites (N-methyl/N-ethyl adjacent to an activating group) is 1. The molecule has 9 heteroatoms. The van der Waals surface area contributed by atoms with Crippen LogP contribution in [0.3, 0.4) is 0 Å². The third-order valence-electron chi connectivity index (χ3n) is 13.4. The van der Waals surface area contributed by atoms with E-state index in [4.69, 9.17) is 9.05 Å². The average molecular weight is 1100 g/mol. The molecule has 0 radical (unpaired) electrons. The minimum absolute atomic E-state index is 0.0499. The van der Waals surface area contributed by atoms with Crippen LogP contribution in [0.15, 0.2) is 134 Å². The van der Waals surface area contributed by atoms with Crippen molar-refractivity contribution in [2.75, 3.05) is 40.9 Å². The van der Waals surface area contributed by atoms with Gasteiger partial charge in [0.1, 0.15) is 13.2 Å². The monoisotopic (exact) mass is 1100 g/mol. The van der Waals surface area contributed by atoms with E-state index < -0.39 is 20.0 Å².